The molecule has 7 nitrogen and oxygen atoms in total. The zero-order valence-corrected chi connectivity index (χ0v) is 26.1. The third kappa shape index (κ3) is 8.05. The Morgan fingerprint density at radius 3 is 2.62 bits per heavy atom. The van der Waals surface area contributed by atoms with Crippen LogP contribution in [0.1, 0.15) is 68.4 Å². The average molecular weight is 619 g/mol. The summed E-state index contributed by atoms with van der Waals surface area (Å²) in [6.45, 7) is 5.17. The maximum absolute atomic E-state index is 14.1. The van der Waals surface area contributed by atoms with Crippen LogP contribution < -0.4 is 5.32 Å². The molecular formula is C35H39F3N5O2+. The Labute approximate surface area is 261 Å². The summed E-state index contributed by atoms with van der Waals surface area (Å²) in [5, 5.41) is 3.65. The zero-order valence-electron chi connectivity index (χ0n) is 26.1. The summed E-state index contributed by atoms with van der Waals surface area (Å²) in [7, 11) is 3.94. The summed E-state index contributed by atoms with van der Waals surface area (Å²) >= 11 is 0. The van der Waals surface area contributed by atoms with Gasteiger partial charge in [0.05, 0.1) is 11.3 Å². The molecule has 1 fully saturated rings. The van der Waals surface area contributed by atoms with E-state index >= 15 is 0 Å². The number of nitrogens with one attached hydrogen (secondary N) is 2. The van der Waals surface area contributed by atoms with Gasteiger partial charge in [-0.05, 0) is 97.3 Å². The molecule has 1 aliphatic rings. The fourth-order valence-corrected chi connectivity index (χ4v) is 5.86. The van der Waals surface area contributed by atoms with E-state index in [-0.39, 0.29) is 23.5 Å². The van der Waals surface area contributed by atoms with E-state index < -0.39 is 17.6 Å². The average Bonchev–Trinajstić information content (AvgIpc) is 3.62. The van der Waals surface area contributed by atoms with Gasteiger partial charge in [0, 0.05) is 49.3 Å². The van der Waals surface area contributed by atoms with Gasteiger partial charge in [-0.2, -0.15) is 13.2 Å². The lowest BCUT2D eigenvalue weighted by molar-refractivity contribution is -0.460. The van der Waals surface area contributed by atoms with Crippen LogP contribution in [0.3, 0.4) is 0 Å². The predicted octanol–water partition coefficient (Wildman–Crippen LogP) is 6.69. The minimum absolute atomic E-state index is 0.0381. The fourth-order valence-electron chi connectivity index (χ4n) is 5.86. The lowest BCUT2D eigenvalue weighted by Gasteiger charge is -2.20. The van der Waals surface area contributed by atoms with Gasteiger partial charge in [0.15, 0.2) is 5.78 Å². The maximum atomic E-state index is 14.1. The second kappa shape index (κ2) is 13.4. The number of pyridine rings is 1. The van der Waals surface area contributed by atoms with Gasteiger partial charge < -0.3 is 10.3 Å². The van der Waals surface area contributed by atoms with Crippen LogP contribution >= 0.6 is 0 Å². The number of likely N-dealkylation sites (tertiary alicyclic amines) is 1. The number of aromatic amines is 1. The number of ketones is 1. The number of hydrogen-bond acceptors (Lipinski definition) is 4. The van der Waals surface area contributed by atoms with Crippen LogP contribution in [0.2, 0.25) is 0 Å². The van der Waals surface area contributed by atoms with Crippen LogP contribution in [0, 0.1) is 12.8 Å². The summed E-state index contributed by atoms with van der Waals surface area (Å²) in [5.41, 5.74) is 4.10. The minimum atomic E-state index is -4.58. The normalized spacial score (nSPS) is 15.4. The van der Waals surface area contributed by atoms with Gasteiger partial charge in [-0.15, -0.1) is 0 Å². The second-order valence-electron chi connectivity index (χ2n) is 12.3. The molecule has 0 saturated carbocycles. The quantitative estimate of drug-likeness (QED) is 0.118. The molecule has 3 heterocycles. The van der Waals surface area contributed by atoms with Gasteiger partial charge in [-0.1, -0.05) is 12.1 Å². The van der Waals surface area contributed by atoms with Crippen LogP contribution in [-0.4, -0.2) is 64.5 Å². The topological polar surface area (TPSA) is 81.1 Å². The second-order valence-corrected chi connectivity index (χ2v) is 12.3. The summed E-state index contributed by atoms with van der Waals surface area (Å²) in [4.78, 5) is 34.3. The van der Waals surface area contributed by atoms with Crippen molar-refractivity contribution >= 4 is 34.6 Å². The fraction of sp³-hybridized carbons (Fsp3) is 0.371. The number of hydrogen-bond donors (Lipinski definition) is 2. The van der Waals surface area contributed by atoms with Gasteiger partial charge >= 0.3 is 6.18 Å². The first-order chi connectivity index (χ1) is 21.4. The van der Waals surface area contributed by atoms with Gasteiger partial charge in [0.25, 0.3) is 5.91 Å². The Morgan fingerprint density at radius 1 is 1.09 bits per heavy atom. The summed E-state index contributed by atoms with van der Waals surface area (Å²) in [6, 6.07) is 13.2. The van der Waals surface area contributed by atoms with Gasteiger partial charge in [-0.25, -0.2) is 9.56 Å². The molecule has 0 aliphatic carbocycles. The van der Waals surface area contributed by atoms with Crippen molar-refractivity contribution < 1.29 is 27.3 Å². The number of Topliss-reactive ketones (excluding diaryl/α,β-unsaturated/α-hetero) is 1. The Hall–Kier alpha value is -4.31. The van der Waals surface area contributed by atoms with E-state index in [0.717, 1.165) is 54.1 Å². The molecule has 1 aliphatic heterocycles. The summed E-state index contributed by atoms with van der Waals surface area (Å²) in [5.74, 6) is -0.225. The number of anilines is 1. The number of aryl methyl sites for hydroxylation is 3. The largest absolute Gasteiger partial charge is 0.416 e. The number of carbonyl (C=O) groups is 2. The van der Waals surface area contributed by atoms with E-state index in [1.165, 1.54) is 19.1 Å². The highest BCUT2D eigenvalue weighted by Crippen LogP contribution is 2.34. The van der Waals surface area contributed by atoms with Crippen molar-refractivity contribution in [3.63, 3.8) is 0 Å². The van der Waals surface area contributed by atoms with Crippen molar-refractivity contribution in [3.8, 4) is 0 Å². The number of halogens is 3. The van der Waals surface area contributed by atoms with Crippen LogP contribution in [0.25, 0.3) is 11.0 Å². The first-order valence-corrected chi connectivity index (χ1v) is 15.2. The maximum Gasteiger partial charge on any atom is 0.416 e. The molecule has 1 saturated heterocycles. The van der Waals surface area contributed by atoms with Gasteiger partial charge in [-0.3, -0.25) is 14.5 Å². The van der Waals surface area contributed by atoms with Crippen molar-refractivity contribution in [2.45, 2.75) is 52.3 Å². The molecule has 0 bridgehead atoms. The molecule has 45 heavy (non-hydrogen) atoms. The molecule has 1 amide bonds. The minimum Gasteiger partial charge on any atom is -0.337 e. The number of fused-ring (bicyclic) bond motifs is 1. The van der Waals surface area contributed by atoms with Crippen molar-refractivity contribution in [2.75, 3.05) is 32.5 Å². The van der Waals surface area contributed by atoms with E-state index in [4.69, 9.17) is 0 Å². The first-order valence-electron chi connectivity index (χ1n) is 15.2. The number of amides is 1. The predicted molar refractivity (Wildman–Crippen MR) is 170 cm³/mol. The van der Waals surface area contributed by atoms with Crippen molar-refractivity contribution in [1.29, 1.82) is 0 Å². The highest BCUT2D eigenvalue weighted by Gasteiger charge is 2.35. The standard InChI is InChI=1S/C35H38F3N5O2/c1-22-5-10-30(16-26(22)7-6-25-15-29-18-32(23(2)44)41-33(29)39-19-25)40-34(45)27-8-9-28(31(17-27)35(36,37)38)21-43-14-12-24(20-43)11-13-42(3)4/h5,8-10,13,15-19,24H,6-7,11-12,14,20-21H2,1-4H3,(H-,39,40,41,44,45)/p+1. The molecule has 0 radical (unpaired) electrons. The number of rotatable bonds is 10. The molecule has 236 valence electrons. The Kier molecular flexibility index (Phi) is 9.53. The molecular weight excluding hydrogens is 579 g/mol. The number of carbonyl (C=O) groups excluding carboxylic acids is 2. The van der Waals surface area contributed by atoms with Crippen LogP contribution in [-0.2, 0) is 25.6 Å². The molecule has 0 spiro atoms. The summed E-state index contributed by atoms with van der Waals surface area (Å²) in [6.07, 6.45) is 2.51. The van der Waals surface area contributed by atoms with Crippen LogP contribution in [0.15, 0.2) is 54.7 Å². The molecule has 10 heteroatoms. The molecule has 2 aromatic carbocycles. The number of alkyl halides is 3. The zero-order chi connectivity index (χ0) is 32.3. The summed E-state index contributed by atoms with van der Waals surface area (Å²) < 4.78 is 44.4. The van der Waals surface area contributed by atoms with E-state index in [1.54, 1.807) is 18.3 Å². The molecule has 1 unspecified atom stereocenters. The Morgan fingerprint density at radius 2 is 1.89 bits per heavy atom. The highest BCUT2D eigenvalue weighted by molar-refractivity contribution is 6.04. The molecule has 4 aromatic rings. The Balaban J connectivity index is 1.26. The van der Waals surface area contributed by atoms with Crippen LogP contribution in [0.4, 0.5) is 18.9 Å². The van der Waals surface area contributed by atoms with Crippen molar-refractivity contribution in [3.05, 3.63) is 93.8 Å². The first kappa shape index (κ1) is 32.1. The number of aromatic nitrogens is 2. The van der Waals surface area contributed by atoms with Crippen molar-refractivity contribution in [2.24, 2.45) is 5.92 Å². The number of H-pyrrole nitrogens is 1. The van der Waals surface area contributed by atoms with Gasteiger partial charge in [0.1, 0.15) is 26.0 Å². The SMILES string of the molecule is CC(=O)c1cc2cc(CCc3cc(NC(=O)c4ccc(CN5CCC(CC=[N+](C)C)C5)c(C(F)(F)F)c4)ccc3C)cnc2[nH]1. The molecule has 5 rings (SSSR count). The molecule has 1 atom stereocenters. The third-order valence-electron chi connectivity index (χ3n) is 8.44. The van der Waals surface area contributed by atoms with E-state index in [0.29, 0.717) is 35.8 Å². The van der Waals surface area contributed by atoms with E-state index in [1.807, 2.05) is 43.8 Å². The van der Waals surface area contributed by atoms with Crippen molar-refractivity contribution in [1.82, 2.24) is 14.9 Å². The van der Waals surface area contributed by atoms with E-state index in [2.05, 4.69) is 26.4 Å². The highest BCUT2D eigenvalue weighted by atomic mass is 19.4. The number of benzene rings is 2. The van der Waals surface area contributed by atoms with Crippen LogP contribution in [0.5, 0.6) is 0 Å². The number of nitrogens with zero attached hydrogens (tertiary/aromatic N) is 3. The smallest absolute Gasteiger partial charge is 0.337 e. The Bertz CT molecular complexity index is 1750. The van der Waals surface area contributed by atoms with E-state index in [9.17, 15) is 22.8 Å². The lowest BCUT2D eigenvalue weighted by atomic mass is 10.00. The third-order valence-corrected chi connectivity index (χ3v) is 8.44. The molecule has 2 aromatic heterocycles. The lowest BCUT2D eigenvalue weighted by Crippen LogP contribution is -2.23. The van der Waals surface area contributed by atoms with Gasteiger partial charge in [0.2, 0.25) is 0 Å². The molecule has 2 N–H and O–H groups in total. The monoisotopic (exact) mass is 618 g/mol.